The standard InChI is InChI=1S/C21H22BrF3N2O2/c1-27-10-6-9-20(13-27,14-7-4-3-5-8-14)26-19(28)18-16(22)11-15(21(23,24)25)12-17(18)29-2/h3-5,7-8,11-12H,6,9-10,13H2,1-2H3,(H,26,28). The molecule has 29 heavy (non-hydrogen) atoms. The van der Waals surface area contributed by atoms with Gasteiger partial charge in [-0.2, -0.15) is 13.2 Å². The number of benzene rings is 2. The lowest BCUT2D eigenvalue weighted by Gasteiger charge is -2.42. The number of halogens is 4. The fraction of sp³-hybridized carbons (Fsp3) is 0.381. The summed E-state index contributed by atoms with van der Waals surface area (Å²) in [6.45, 7) is 1.51. The Morgan fingerprint density at radius 3 is 2.52 bits per heavy atom. The SMILES string of the molecule is COc1cc(C(F)(F)F)cc(Br)c1C(=O)NC1(c2ccccc2)CCCN(C)C1. The fourth-order valence-electron chi connectivity index (χ4n) is 3.84. The molecule has 0 radical (unpaired) electrons. The molecule has 2 aromatic rings. The van der Waals surface area contributed by atoms with Gasteiger partial charge in [-0.3, -0.25) is 4.79 Å². The van der Waals surface area contributed by atoms with Crippen molar-refractivity contribution in [3.63, 3.8) is 0 Å². The van der Waals surface area contributed by atoms with Crippen molar-refractivity contribution in [2.75, 3.05) is 27.2 Å². The number of ether oxygens (including phenoxy) is 1. The highest BCUT2D eigenvalue weighted by atomic mass is 79.9. The molecule has 1 aliphatic rings. The second-order valence-electron chi connectivity index (χ2n) is 7.28. The first-order chi connectivity index (χ1) is 13.7. The lowest BCUT2D eigenvalue weighted by molar-refractivity contribution is -0.137. The Balaban J connectivity index is 2.01. The van der Waals surface area contributed by atoms with Crippen LogP contribution in [0.4, 0.5) is 13.2 Å². The molecule has 1 aliphatic heterocycles. The number of likely N-dealkylation sites (tertiary alicyclic amines) is 1. The predicted molar refractivity (Wildman–Crippen MR) is 108 cm³/mol. The minimum absolute atomic E-state index is 0.0362. The number of likely N-dealkylation sites (N-methyl/N-ethyl adjacent to an activating group) is 1. The molecule has 0 aromatic heterocycles. The third kappa shape index (κ3) is 4.59. The molecule has 3 rings (SSSR count). The average Bonchev–Trinajstić information content (AvgIpc) is 2.67. The Kier molecular flexibility index (Phi) is 6.24. The van der Waals surface area contributed by atoms with E-state index in [1.807, 2.05) is 37.4 Å². The molecule has 0 saturated carbocycles. The smallest absolute Gasteiger partial charge is 0.416 e. The minimum atomic E-state index is -4.54. The van der Waals surface area contributed by atoms with E-state index in [4.69, 9.17) is 4.74 Å². The molecule has 1 unspecified atom stereocenters. The summed E-state index contributed by atoms with van der Waals surface area (Å²) in [6, 6.07) is 11.4. The maximum atomic E-state index is 13.2. The number of hydrogen-bond acceptors (Lipinski definition) is 3. The quantitative estimate of drug-likeness (QED) is 0.695. The third-order valence-corrected chi connectivity index (χ3v) is 5.82. The molecular weight excluding hydrogens is 449 g/mol. The molecule has 1 heterocycles. The number of methoxy groups -OCH3 is 1. The molecule has 156 valence electrons. The van der Waals surface area contributed by atoms with Gasteiger partial charge in [0.15, 0.2) is 0 Å². The van der Waals surface area contributed by atoms with E-state index in [0.29, 0.717) is 6.54 Å². The minimum Gasteiger partial charge on any atom is -0.496 e. The van der Waals surface area contributed by atoms with E-state index in [0.717, 1.165) is 37.1 Å². The van der Waals surface area contributed by atoms with Gasteiger partial charge in [0.1, 0.15) is 5.75 Å². The first-order valence-electron chi connectivity index (χ1n) is 9.17. The summed E-state index contributed by atoms with van der Waals surface area (Å²) in [5, 5.41) is 3.10. The van der Waals surface area contributed by atoms with Gasteiger partial charge < -0.3 is 15.0 Å². The number of nitrogens with zero attached hydrogens (tertiary/aromatic N) is 1. The second-order valence-corrected chi connectivity index (χ2v) is 8.13. The van der Waals surface area contributed by atoms with Crippen molar-refractivity contribution in [1.29, 1.82) is 0 Å². The van der Waals surface area contributed by atoms with E-state index in [1.165, 1.54) is 7.11 Å². The Morgan fingerprint density at radius 2 is 1.93 bits per heavy atom. The van der Waals surface area contributed by atoms with Crippen LogP contribution in [0.5, 0.6) is 5.75 Å². The molecule has 1 fully saturated rings. The topological polar surface area (TPSA) is 41.6 Å². The van der Waals surface area contributed by atoms with Crippen LogP contribution >= 0.6 is 15.9 Å². The van der Waals surface area contributed by atoms with E-state index in [2.05, 4.69) is 26.1 Å². The van der Waals surface area contributed by atoms with Crippen molar-refractivity contribution >= 4 is 21.8 Å². The summed E-state index contributed by atoms with van der Waals surface area (Å²) >= 11 is 3.13. The van der Waals surface area contributed by atoms with E-state index in [-0.39, 0.29) is 15.8 Å². The molecule has 8 heteroatoms. The van der Waals surface area contributed by atoms with Crippen LogP contribution in [0.25, 0.3) is 0 Å². The number of alkyl halides is 3. The van der Waals surface area contributed by atoms with Crippen molar-refractivity contribution in [3.8, 4) is 5.75 Å². The van der Waals surface area contributed by atoms with Crippen molar-refractivity contribution in [1.82, 2.24) is 10.2 Å². The van der Waals surface area contributed by atoms with E-state index in [1.54, 1.807) is 0 Å². The highest BCUT2D eigenvalue weighted by Gasteiger charge is 2.39. The highest BCUT2D eigenvalue weighted by Crippen LogP contribution is 2.38. The summed E-state index contributed by atoms with van der Waals surface area (Å²) in [6.07, 6.45) is -2.92. The molecule has 1 amide bonds. The van der Waals surface area contributed by atoms with Crippen molar-refractivity contribution < 1.29 is 22.7 Å². The Labute approximate surface area is 176 Å². The Bertz CT molecular complexity index is 889. The number of hydrogen-bond donors (Lipinski definition) is 1. The van der Waals surface area contributed by atoms with Gasteiger partial charge in [-0.05, 0) is 60.1 Å². The van der Waals surface area contributed by atoms with Crippen molar-refractivity contribution in [3.05, 3.63) is 63.6 Å². The number of rotatable bonds is 4. The van der Waals surface area contributed by atoms with Crippen LogP contribution in [0.1, 0.15) is 34.3 Å². The first kappa shape index (κ1) is 21.6. The zero-order chi connectivity index (χ0) is 21.2. The lowest BCUT2D eigenvalue weighted by atomic mass is 9.82. The maximum Gasteiger partial charge on any atom is 0.416 e. The van der Waals surface area contributed by atoms with Gasteiger partial charge in [0.05, 0.1) is 23.8 Å². The molecule has 0 bridgehead atoms. The van der Waals surface area contributed by atoms with Gasteiger partial charge in [0, 0.05) is 11.0 Å². The van der Waals surface area contributed by atoms with E-state index >= 15 is 0 Å². The Morgan fingerprint density at radius 1 is 1.24 bits per heavy atom. The summed E-state index contributed by atoms with van der Waals surface area (Å²) in [5.41, 5.74) is -0.516. The third-order valence-electron chi connectivity index (χ3n) is 5.19. The Hall–Kier alpha value is -2.06. The van der Waals surface area contributed by atoms with Gasteiger partial charge in [-0.25, -0.2) is 0 Å². The summed E-state index contributed by atoms with van der Waals surface area (Å²) in [5.74, 6) is -0.613. The fourth-order valence-corrected chi connectivity index (χ4v) is 4.47. The van der Waals surface area contributed by atoms with Crippen LogP contribution in [0, 0.1) is 0 Å². The molecule has 1 atom stereocenters. The van der Waals surface area contributed by atoms with E-state index < -0.39 is 23.2 Å². The number of nitrogens with one attached hydrogen (secondary N) is 1. The van der Waals surface area contributed by atoms with E-state index in [9.17, 15) is 18.0 Å². The normalized spacial score (nSPS) is 20.3. The average molecular weight is 471 g/mol. The van der Waals surface area contributed by atoms with Crippen LogP contribution in [0.2, 0.25) is 0 Å². The van der Waals surface area contributed by atoms with Gasteiger partial charge in [0.25, 0.3) is 5.91 Å². The molecule has 0 spiro atoms. The lowest BCUT2D eigenvalue weighted by Crippen LogP contribution is -2.55. The van der Waals surface area contributed by atoms with Crippen molar-refractivity contribution in [2.45, 2.75) is 24.6 Å². The van der Waals surface area contributed by atoms with Crippen LogP contribution in [0.3, 0.4) is 0 Å². The van der Waals surface area contributed by atoms with Gasteiger partial charge in [0.2, 0.25) is 0 Å². The molecule has 1 saturated heterocycles. The van der Waals surface area contributed by atoms with Crippen molar-refractivity contribution in [2.24, 2.45) is 0 Å². The summed E-state index contributed by atoms with van der Waals surface area (Å²) < 4.78 is 44.6. The monoisotopic (exact) mass is 470 g/mol. The summed E-state index contributed by atoms with van der Waals surface area (Å²) in [4.78, 5) is 15.4. The molecule has 2 aromatic carbocycles. The van der Waals surface area contributed by atoms with Crippen LogP contribution in [-0.4, -0.2) is 38.1 Å². The molecule has 0 aliphatic carbocycles. The summed E-state index contributed by atoms with van der Waals surface area (Å²) in [7, 11) is 3.23. The second kappa shape index (κ2) is 8.36. The largest absolute Gasteiger partial charge is 0.496 e. The number of amides is 1. The van der Waals surface area contributed by atoms with Gasteiger partial charge in [-0.1, -0.05) is 30.3 Å². The van der Waals surface area contributed by atoms with Gasteiger partial charge >= 0.3 is 6.18 Å². The zero-order valence-electron chi connectivity index (χ0n) is 16.1. The molecule has 4 nitrogen and oxygen atoms in total. The number of piperidine rings is 1. The predicted octanol–water partition coefficient (Wildman–Crippen LogP) is 4.83. The van der Waals surface area contributed by atoms with Gasteiger partial charge in [-0.15, -0.1) is 0 Å². The maximum absolute atomic E-state index is 13.2. The van der Waals surface area contributed by atoms with Crippen LogP contribution in [0.15, 0.2) is 46.9 Å². The number of carbonyl (C=O) groups excluding carboxylic acids is 1. The van der Waals surface area contributed by atoms with Crippen LogP contribution in [-0.2, 0) is 11.7 Å². The molecular formula is C21H22BrF3N2O2. The number of carbonyl (C=O) groups is 1. The zero-order valence-corrected chi connectivity index (χ0v) is 17.7. The van der Waals surface area contributed by atoms with Crippen LogP contribution < -0.4 is 10.1 Å². The molecule has 1 N–H and O–H groups in total. The highest BCUT2D eigenvalue weighted by molar-refractivity contribution is 9.10. The first-order valence-corrected chi connectivity index (χ1v) is 9.97.